The summed E-state index contributed by atoms with van der Waals surface area (Å²) in [6.45, 7) is 3.95. The molecule has 0 aliphatic heterocycles. The molecule has 9 heteroatoms. The van der Waals surface area contributed by atoms with Crippen molar-refractivity contribution in [3.05, 3.63) is 53.1 Å². The van der Waals surface area contributed by atoms with Crippen LogP contribution in [0.1, 0.15) is 38.3 Å². The lowest BCUT2D eigenvalue weighted by Gasteiger charge is -2.15. The zero-order valence-electron chi connectivity index (χ0n) is 17.3. The second-order valence-corrected chi connectivity index (χ2v) is 8.87. The summed E-state index contributed by atoms with van der Waals surface area (Å²) in [5.74, 6) is 0.644. The summed E-state index contributed by atoms with van der Waals surface area (Å²) in [6, 6.07) is 11.3. The van der Waals surface area contributed by atoms with Gasteiger partial charge in [0.05, 0.1) is 23.1 Å². The van der Waals surface area contributed by atoms with Crippen LogP contribution in [0, 0.1) is 0 Å². The van der Waals surface area contributed by atoms with Crippen LogP contribution in [0.2, 0.25) is 5.02 Å². The normalized spacial score (nSPS) is 12.3. The average molecular weight is 455 g/mol. The lowest BCUT2D eigenvalue weighted by Crippen LogP contribution is -2.31. The van der Waals surface area contributed by atoms with E-state index in [0.29, 0.717) is 6.54 Å². The SMILES string of the molecule is CCCCNS(=O)(=O)c1ccc(OCC(=O)N[C@@H](C)c2ccc(OC)cc2)c(Cl)c1. The third-order valence-corrected chi connectivity index (χ3v) is 6.14. The topological polar surface area (TPSA) is 93.7 Å². The third-order valence-electron chi connectivity index (χ3n) is 4.39. The molecule has 30 heavy (non-hydrogen) atoms. The number of hydrogen-bond acceptors (Lipinski definition) is 5. The zero-order valence-corrected chi connectivity index (χ0v) is 18.8. The van der Waals surface area contributed by atoms with Gasteiger partial charge in [-0.2, -0.15) is 0 Å². The minimum absolute atomic E-state index is 0.0496. The number of halogens is 1. The fourth-order valence-electron chi connectivity index (χ4n) is 2.63. The van der Waals surface area contributed by atoms with Crippen LogP contribution in [0.3, 0.4) is 0 Å². The molecule has 0 radical (unpaired) electrons. The van der Waals surface area contributed by atoms with Gasteiger partial charge in [0.2, 0.25) is 10.0 Å². The molecule has 0 fully saturated rings. The van der Waals surface area contributed by atoms with Gasteiger partial charge in [0, 0.05) is 6.54 Å². The zero-order chi connectivity index (χ0) is 22.1. The maximum Gasteiger partial charge on any atom is 0.258 e. The number of amides is 1. The second kappa shape index (κ2) is 11.2. The Bertz CT molecular complexity index is 948. The van der Waals surface area contributed by atoms with E-state index in [-0.39, 0.29) is 34.2 Å². The molecule has 0 saturated heterocycles. The van der Waals surface area contributed by atoms with Crippen LogP contribution >= 0.6 is 11.6 Å². The Hall–Kier alpha value is -2.29. The molecule has 0 spiro atoms. The fourth-order valence-corrected chi connectivity index (χ4v) is 4.03. The number of hydrogen-bond donors (Lipinski definition) is 2. The van der Waals surface area contributed by atoms with E-state index in [1.165, 1.54) is 18.2 Å². The molecule has 0 saturated carbocycles. The Kier molecular flexibility index (Phi) is 8.95. The number of methoxy groups -OCH3 is 1. The Balaban J connectivity index is 1.92. The molecular formula is C21H27ClN2O5S. The number of rotatable bonds is 11. The van der Waals surface area contributed by atoms with E-state index in [9.17, 15) is 13.2 Å². The van der Waals surface area contributed by atoms with Gasteiger partial charge in [-0.25, -0.2) is 13.1 Å². The monoisotopic (exact) mass is 454 g/mol. The van der Waals surface area contributed by atoms with E-state index >= 15 is 0 Å². The molecule has 7 nitrogen and oxygen atoms in total. The maximum absolute atomic E-state index is 12.3. The Labute approximate surface area is 182 Å². The second-order valence-electron chi connectivity index (χ2n) is 6.69. The van der Waals surface area contributed by atoms with Gasteiger partial charge in [-0.05, 0) is 49.2 Å². The van der Waals surface area contributed by atoms with Gasteiger partial charge in [0.15, 0.2) is 6.61 Å². The van der Waals surface area contributed by atoms with Crippen LogP contribution in [-0.2, 0) is 14.8 Å². The van der Waals surface area contributed by atoms with Crippen molar-refractivity contribution < 1.29 is 22.7 Å². The first-order valence-electron chi connectivity index (χ1n) is 9.62. The number of sulfonamides is 1. The van der Waals surface area contributed by atoms with Gasteiger partial charge in [0.1, 0.15) is 11.5 Å². The van der Waals surface area contributed by atoms with E-state index in [0.717, 1.165) is 24.2 Å². The molecule has 2 rings (SSSR count). The molecule has 2 N–H and O–H groups in total. The Morgan fingerprint density at radius 1 is 1.17 bits per heavy atom. The lowest BCUT2D eigenvalue weighted by atomic mass is 10.1. The van der Waals surface area contributed by atoms with Gasteiger partial charge in [-0.3, -0.25) is 4.79 Å². The third kappa shape index (κ3) is 6.90. The van der Waals surface area contributed by atoms with Crippen LogP contribution in [0.25, 0.3) is 0 Å². The predicted octanol–water partition coefficient (Wildman–Crippen LogP) is 3.68. The largest absolute Gasteiger partial charge is 0.497 e. The summed E-state index contributed by atoms with van der Waals surface area (Å²) in [5, 5.41) is 2.95. The molecule has 1 amide bonds. The number of carbonyl (C=O) groups is 1. The van der Waals surface area contributed by atoms with E-state index in [2.05, 4.69) is 10.0 Å². The minimum Gasteiger partial charge on any atom is -0.497 e. The first kappa shape index (κ1) is 24.0. The molecule has 2 aromatic carbocycles. The summed E-state index contributed by atoms with van der Waals surface area (Å²) in [7, 11) is -2.04. The van der Waals surface area contributed by atoms with Crippen LogP contribution < -0.4 is 19.5 Å². The van der Waals surface area contributed by atoms with E-state index in [1.807, 2.05) is 38.1 Å². The van der Waals surface area contributed by atoms with Crippen molar-refractivity contribution in [1.29, 1.82) is 0 Å². The standard InChI is InChI=1S/C21H27ClN2O5S/c1-4-5-12-23-30(26,27)18-10-11-20(19(22)13-18)29-14-21(25)24-15(2)16-6-8-17(28-3)9-7-16/h6-11,13,15,23H,4-5,12,14H2,1-3H3,(H,24,25)/t15-/m0/s1. The number of nitrogens with one attached hydrogen (secondary N) is 2. The first-order chi connectivity index (χ1) is 14.3. The molecule has 1 atom stereocenters. The van der Waals surface area contributed by atoms with Gasteiger partial charge >= 0.3 is 0 Å². The highest BCUT2D eigenvalue weighted by Crippen LogP contribution is 2.27. The van der Waals surface area contributed by atoms with Gasteiger partial charge in [-0.15, -0.1) is 0 Å². The average Bonchev–Trinajstić information content (AvgIpc) is 2.73. The molecule has 0 aromatic heterocycles. The van der Waals surface area contributed by atoms with E-state index < -0.39 is 10.0 Å². The molecule has 0 heterocycles. The number of benzene rings is 2. The Morgan fingerprint density at radius 3 is 2.47 bits per heavy atom. The molecule has 0 aliphatic rings. The Morgan fingerprint density at radius 2 is 1.87 bits per heavy atom. The van der Waals surface area contributed by atoms with Crippen molar-refractivity contribution in [3.8, 4) is 11.5 Å². The van der Waals surface area contributed by atoms with E-state index in [1.54, 1.807) is 7.11 Å². The number of ether oxygens (including phenoxy) is 2. The molecule has 0 bridgehead atoms. The van der Waals surface area contributed by atoms with Crippen molar-refractivity contribution in [2.75, 3.05) is 20.3 Å². The van der Waals surface area contributed by atoms with Crippen LogP contribution in [0.15, 0.2) is 47.4 Å². The van der Waals surface area contributed by atoms with Crippen molar-refractivity contribution in [1.82, 2.24) is 10.0 Å². The summed E-state index contributed by atoms with van der Waals surface area (Å²) in [5.41, 5.74) is 0.923. The van der Waals surface area contributed by atoms with E-state index in [4.69, 9.17) is 21.1 Å². The van der Waals surface area contributed by atoms with Crippen molar-refractivity contribution in [3.63, 3.8) is 0 Å². The lowest BCUT2D eigenvalue weighted by molar-refractivity contribution is -0.123. The summed E-state index contributed by atoms with van der Waals surface area (Å²) < 4.78 is 37.6. The van der Waals surface area contributed by atoms with Crippen molar-refractivity contribution in [2.24, 2.45) is 0 Å². The fraction of sp³-hybridized carbons (Fsp3) is 0.381. The van der Waals surface area contributed by atoms with Crippen LogP contribution in [0.5, 0.6) is 11.5 Å². The molecule has 0 unspecified atom stereocenters. The minimum atomic E-state index is -3.63. The quantitative estimate of drug-likeness (QED) is 0.505. The summed E-state index contributed by atoms with van der Waals surface area (Å²) in [6.07, 6.45) is 1.63. The molecule has 0 aliphatic carbocycles. The van der Waals surface area contributed by atoms with Crippen molar-refractivity contribution >= 4 is 27.5 Å². The molecule has 164 valence electrons. The number of carbonyl (C=O) groups excluding carboxylic acids is 1. The smallest absolute Gasteiger partial charge is 0.258 e. The first-order valence-corrected chi connectivity index (χ1v) is 11.5. The van der Waals surface area contributed by atoms with Gasteiger partial charge in [-0.1, -0.05) is 37.1 Å². The van der Waals surface area contributed by atoms with Crippen molar-refractivity contribution in [2.45, 2.75) is 37.6 Å². The van der Waals surface area contributed by atoms with Gasteiger partial charge in [0.25, 0.3) is 5.91 Å². The van der Waals surface area contributed by atoms with Gasteiger partial charge < -0.3 is 14.8 Å². The highest BCUT2D eigenvalue weighted by molar-refractivity contribution is 7.89. The van der Waals surface area contributed by atoms with Crippen LogP contribution in [0.4, 0.5) is 0 Å². The molecular weight excluding hydrogens is 428 g/mol. The summed E-state index contributed by atoms with van der Waals surface area (Å²) in [4.78, 5) is 12.2. The van der Waals surface area contributed by atoms with Crippen LogP contribution in [-0.4, -0.2) is 34.6 Å². The molecule has 2 aromatic rings. The highest BCUT2D eigenvalue weighted by Gasteiger charge is 2.16. The maximum atomic E-state index is 12.3. The predicted molar refractivity (Wildman–Crippen MR) is 117 cm³/mol. The highest BCUT2D eigenvalue weighted by atomic mass is 35.5. The number of unbranched alkanes of at least 4 members (excludes halogenated alkanes) is 1. The summed E-state index contributed by atoms with van der Waals surface area (Å²) >= 11 is 6.15.